The average molecular weight is 403 g/mol. The highest BCUT2D eigenvalue weighted by Gasteiger charge is 2.34. The number of carbonyl (C=O) groups is 1. The molecule has 0 aromatic carbocycles. The molecule has 27 heavy (non-hydrogen) atoms. The van der Waals surface area contributed by atoms with Crippen LogP contribution in [0.4, 0.5) is 0 Å². The van der Waals surface area contributed by atoms with Crippen LogP contribution in [0.5, 0.6) is 0 Å². The van der Waals surface area contributed by atoms with Crippen molar-refractivity contribution in [1.29, 1.82) is 0 Å². The van der Waals surface area contributed by atoms with E-state index < -0.39 is 0 Å². The molecule has 0 radical (unpaired) electrons. The Kier molecular flexibility index (Phi) is 4.98. The first kappa shape index (κ1) is 17.7. The number of aromatic nitrogens is 3. The number of piperidine rings is 1. The summed E-state index contributed by atoms with van der Waals surface area (Å²) in [6.07, 6.45) is 8.98. The summed E-state index contributed by atoms with van der Waals surface area (Å²) >= 11 is 3.27. The Morgan fingerprint density at radius 1 is 1.15 bits per heavy atom. The lowest BCUT2D eigenvalue weighted by Gasteiger charge is -2.41. The number of nitrogens with zero attached hydrogens (tertiary/aromatic N) is 4. The van der Waals surface area contributed by atoms with Crippen LogP contribution < -0.4 is 0 Å². The molecule has 3 heterocycles. The van der Waals surface area contributed by atoms with Crippen molar-refractivity contribution in [3.05, 3.63) is 17.5 Å². The van der Waals surface area contributed by atoms with Crippen molar-refractivity contribution in [3.8, 4) is 10.7 Å². The first-order valence-corrected chi connectivity index (χ1v) is 12.1. The molecular formula is C20H26N4OS2. The molecule has 7 heteroatoms. The minimum absolute atomic E-state index is 0.270. The lowest BCUT2D eigenvalue weighted by atomic mass is 9.75. The molecule has 0 bridgehead atoms. The van der Waals surface area contributed by atoms with Gasteiger partial charge in [-0.25, -0.2) is 0 Å². The van der Waals surface area contributed by atoms with Crippen molar-refractivity contribution < 1.29 is 4.79 Å². The van der Waals surface area contributed by atoms with Gasteiger partial charge in [0.05, 0.1) is 10.6 Å². The number of hydrogen-bond acceptors (Lipinski definition) is 5. The van der Waals surface area contributed by atoms with E-state index in [1.54, 1.807) is 23.1 Å². The first-order valence-electron chi connectivity index (χ1n) is 10.2. The van der Waals surface area contributed by atoms with Crippen LogP contribution in [0.15, 0.2) is 22.7 Å². The summed E-state index contributed by atoms with van der Waals surface area (Å²) in [6.45, 7) is 1.91. The van der Waals surface area contributed by atoms with E-state index in [0.717, 1.165) is 40.8 Å². The highest BCUT2D eigenvalue weighted by atomic mass is 32.2. The quantitative estimate of drug-likeness (QED) is 0.692. The summed E-state index contributed by atoms with van der Waals surface area (Å²) in [5.74, 6) is 3.31. The molecule has 144 valence electrons. The fraction of sp³-hybridized carbons (Fsp3) is 0.650. The maximum absolute atomic E-state index is 12.8. The van der Waals surface area contributed by atoms with Crippen LogP contribution in [0.3, 0.4) is 0 Å². The first-order chi connectivity index (χ1) is 13.3. The number of rotatable bonds is 5. The average Bonchev–Trinajstić information content (AvgIpc) is 3.23. The predicted octanol–water partition coefficient (Wildman–Crippen LogP) is 4.47. The summed E-state index contributed by atoms with van der Waals surface area (Å²) < 4.78 is 2.26. The van der Waals surface area contributed by atoms with Gasteiger partial charge in [-0.15, -0.1) is 21.5 Å². The Bertz CT molecular complexity index is 799. The zero-order chi connectivity index (χ0) is 18.2. The molecule has 2 saturated carbocycles. The predicted molar refractivity (Wildman–Crippen MR) is 109 cm³/mol. The van der Waals surface area contributed by atoms with Gasteiger partial charge < -0.3 is 4.90 Å². The third kappa shape index (κ3) is 3.68. The van der Waals surface area contributed by atoms with E-state index in [1.807, 2.05) is 0 Å². The van der Waals surface area contributed by atoms with Crippen LogP contribution in [0, 0.1) is 11.8 Å². The van der Waals surface area contributed by atoms with Crippen molar-refractivity contribution >= 4 is 29.0 Å². The minimum atomic E-state index is 0.270. The van der Waals surface area contributed by atoms with Gasteiger partial charge in [0.2, 0.25) is 5.91 Å². The second-order valence-electron chi connectivity index (χ2n) is 8.11. The van der Waals surface area contributed by atoms with Gasteiger partial charge in [-0.05, 0) is 49.0 Å². The van der Waals surface area contributed by atoms with Crippen LogP contribution in [-0.2, 0) is 4.79 Å². The largest absolute Gasteiger partial charge is 0.342 e. The van der Waals surface area contributed by atoms with E-state index in [0.29, 0.717) is 11.8 Å². The van der Waals surface area contributed by atoms with Crippen LogP contribution in [0.2, 0.25) is 0 Å². The molecule has 0 N–H and O–H groups in total. The summed E-state index contributed by atoms with van der Waals surface area (Å²) in [6, 6.07) is 4.66. The Morgan fingerprint density at radius 3 is 2.78 bits per heavy atom. The Hall–Kier alpha value is -1.34. The van der Waals surface area contributed by atoms with E-state index in [1.165, 1.54) is 44.9 Å². The number of amides is 1. The van der Waals surface area contributed by atoms with Gasteiger partial charge in [0.1, 0.15) is 0 Å². The zero-order valence-electron chi connectivity index (χ0n) is 15.5. The highest BCUT2D eigenvalue weighted by Crippen LogP contribution is 2.42. The van der Waals surface area contributed by atoms with E-state index in [-0.39, 0.29) is 5.91 Å². The molecule has 0 spiro atoms. The molecule has 5 rings (SSSR count). The van der Waals surface area contributed by atoms with Gasteiger partial charge in [0, 0.05) is 19.1 Å². The molecule has 1 saturated heterocycles. The topological polar surface area (TPSA) is 51.0 Å². The Balaban J connectivity index is 1.24. The molecule has 2 unspecified atom stereocenters. The maximum atomic E-state index is 12.8. The zero-order valence-corrected chi connectivity index (χ0v) is 17.2. The number of fused-ring (bicyclic) bond motifs is 1. The summed E-state index contributed by atoms with van der Waals surface area (Å²) in [7, 11) is 0. The Labute approximate surface area is 168 Å². The van der Waals surface area contributed by atoms with E-state index >= 15 is 0 Å². The molecule has 2 atom stereocenters. The minimum Gasteiger partial charge on any atom is -0.342 e. The second kappa shape index (κ2) is 7.59. The summed E-state index contributed by atoms with van der Waals surface area (Å²) in [4.78, 5) is 16.1. The van der Waals surface area contributed by atoms with E-state index in [4.69, 9.17) is 0 Å². The van der Waals surface area contributed by atoms with E-state index in [9.17, 15) is 4.79 Å². The Morgan fingerprint density at radius 2 is 2.00 bits per heavy atom. The van der Waals surface area contributed by atoms with Gasteiger partial charge in [-0.2, -0.15) is 0 Å². The molecule has 2 aromatic rings. The van der Waals surface area contributed by atoms with Crippen molar-refractivity contribution in [1.82, 2.24) is 19.7 Å². The normalized spacial score (nSPS) is 25.4. The van der Waals surface area contributed by atoms with Crippen LogP contribution in [0.1, 0.15) is 51.0 Å². The number of likely N-dealkylation sites (tertiary alicyclic amines) is 1. The number of thiophene rings is 1. The van der Waals surface area contributed by atoms with Crippen LogP contribution in [-0.4, -0.2) is 44.4 Å². The van der Waals surface area contributed by atoms with Crippen molar-refractivity contribution in [2.75, 3.05) is 18.8 Å². The fourth-order valence-electron chi connectivity index (χ4n) is 4.66. The van der Waals surface area contributed by atoms with Crippen molar-refractivity contribution in [2.24, 2.45) is 11.8 Å². The number of carbonyl (C=O) groups excluding carboxylic acids is 1. The SMILES string of the molecule is O=C(CSc1nnc(-c2cccs2)n1C1CC1)N1CCC2CCCCC2C1. The molecule has 3 fully saturated rings. The maximum Gasteiger partial charge on any atom is 0.233 e. The molecule has 2 aliphatic carbocycles. The van der Waals surface area contributed by atoms with Crippen LogP contribution in [0.25, 0.3) is 10.7 Å². The van der Waals surface area contributed by atoms with Gasteiger partial charge in [-0.1, -0.05) is 37.1 Å². The highest BCUT2D eigenvalue weighted by molar-refractivity contribution is 7.99. The molecule has 1 aliphatic heterocycles. The third-order valence-corrected chi connectivity index (χ3v) is 8.08. The molecule has 1 amide bonds. The van der Waals surface area contributed by atoms with Gasteiger partial charge in [-0.3, -0.25) is 9.36 Å². The van der Waals surface area contributed by atoms with Crippen molar-refractivity contribution in [3.63, 3.8) is 0 Å². The lowest BCUT2D eigenvalue weighted by molar-refractivity contribution is -0.131. The molecule has 3 aliphatic rings. The van der Waals surface area contributed by atoms with Gasteiger partial charge in [0.15, 0.2) is 11.0 Å². The van der Waals surface area contributed by atoms with Gasteiger partial charge >= 0.3 is 0 Å². The molecule has 2 aromatic heterocycles. The fourth-order valence-corrected chi connectivity index (χ4v) is 6.27. The monoisotopic (exact) mass is 402 g/mol. The van der Waals surface area contributed by atoms with E-state index in [2.05, 4.69) is 37.2 Å². The number of thioether (sulfide) groups is 1. The summed E-state index contributed by atoms with van der Waals surface area (Å²) in [5.41, 5.74) is 0. The lowest BCUT2D eigenvalue weighted by Crippen LogP contribution is -2.45. The summed E-state index contributed by atoms with van der Waals surface area (Å²) in [5, 5.41) is 11.9. The van der Waals surface area contributed by atoms with Crippen molar-refractivity contribution in [2.45, 2.75) is 56.1 Å². The molecular weight excluding hydrogens is 376 g/mol. The van der Waals surface area contributed by atoms with Gasteiger partial charge in [0.25, 0.3) is 0 Å². The second-order valence-corrected chi connectivity index (χ2v) is 10.00. The molecule has 5 nitrogen and oxygen atoms in total. The smallest absolute Gasteiger partial charge is 0.233 e. The van der Waals surface area contributed by atoms with Crippen LogP contribution >= 0.6 is 23.1 Å². The third-order valence-electron chi connectivity index (χ3n) is 6.29. The number of hydrogen-bond donors (Lipinski definition) is 0. The standard InChI is InChI=1S/C20H26N4OS2/c25-18(23-10-9-14-4-1-2-5-15(14)12-23)13-27-20-22-21-19(17-6-3-11-26-17)24(20)16-7-8-16/h3,6,11,14-16H,1-2,4-5,7-10,12-13H2.